The molecular weight excluding hydrogens is 504 g/mol. The van der Waals surface area contributed by atoms with Crippen LogP contribution in [0.4, 0.5) is 0 Å². The summed E-state index contributed by atoms with van der Waals surface area (Å²) < 4.78 is 40.8. The molecule has 1 heterocycles. The van der Waals surface area contributed by atoms with E-state index in [1.165, 1.54) is 30.2 Å². The summed E-state index contributed by atoms with van der Waals surface area (Å²) in [5.74, 6) is 0.761. The fourth-order valence-electron chi connectivity index (χ4n) is 2.71. The number of carbonyl (C=O) groups excluding carboxylic acids is 1. The molecule has 31 heavy (non-hydrogen) atoms. The maximum atomic E-state index is 12.9. The van der Waals surface area contributed by atoms with Crippen LogP contribution in [0.2, 0.25) is 0 Å². The summed E-state index contributed by atoms with van der Waals surface area (Å²) in [6.45, 7) is 3.77. The molecule has 10 heteroatoms. The van der Waals surface area contributed by atoms with E-state index in [2.05, 4.69) is 26.9 Å². The summed E-state index contributed by atoms with van der Waals surface area (Å²) in [6, 6.07) is 11.3. The predicted octanol–water partition coefficient (Wildman–Crippen LogP) is 4.31. The van der Waals surface area contributed by atoms with Gasteiger partial charge in [-0.15, -0.1) is 11.0 Å². The molecule has 0 radical (unpaired) electrons. The minimum absolute atomic E-state index is 0.0315. The summed E-state index contributed by atoms with van der Waals surface area (Å²) in [5, 5.41) is 0.0616. The van der Waals surface area contributed by atoms with Crippen molar-refractivity contribution in [1.29, 1.82) is 0 Å². The molecule has 1 fully saturated rings. The minimum atomic E-state index is -4.00. The fraction of sp³-hybridized carbons (Fsp3) is 0.143. The van der Waals surface area contributed by atoms with Crippen molar-refractivity contribution in [2.45, 2.75) is 4.90 Å². The van der Waals surface area contributed by atoms with Crippen molar-refractivity contribution in [2.75, 3.05) is 20.8 Å². The molecular formula is C21H19BrN2O5S2. The Bertz CT molecular complexity index is 1170. The Morgan fingerprint density at radius 1 is 1.16 bits per heavy atom. The van der Waals surface area contributed by atoms with Gasteiger partial charge in [-0.05, 0) is 54.2 Å². The van der Waals surface area contributed by atoms with Crippen LogP contribution in [0.3, 0.4) is 0 Å². The average Bonchev–Trinajstić information content (AvgIpc) is 3.03. The van der Waals surface area contributed by atoms with Crippen molar-refractivity contribution in [2.24, 2.45) is 4.40 Å². The molecule has 0 unspecified atom stereocenters. The lowest BCUT2D eigenvalue weighted by Gasteiger charge is -2.12. The third kappa shape index (κ3) is 5.20. The number of hydrogen-bond acceptors (Lipinski definition) is 6. The van der Waals surface area contributed by atoms with E-state index in [1.807, 2.05) is 0 Å². The highest BCUT2D eigenvalue weighted by atomic mass is 79.9. The largest absolute Gasteiger partial charge is 0.497 e. The highest BCUT2D eigenvalue weighted by Gasteiger charge is 2.34. The van der Waals surface area contributed by atoms with Gasteiger partial charge in [-0.2, -0.15) is 8.42 Å². The third-order valence-corrected chi connectivity index (χ3v) is 7.17. The Kier molecular flexibility index (Phi) is 7.24. The Morgan fingerprint density at radius 2 is 1.87 bits per heavy atom. The average molecular weight is 523 g/mol. The lowest BCUT2D eigenvalue weighted by molar-refractivity contribution is -0.121. The molecule has 162 valence electrons. The van der Waals surface area contributed by atoms with Crippen molar-refractivity contribution in [3.63, 3.8) is 0 Å². The second-order valence-electron chi connectivity index (χ2n) is 6.23. The van der Waals surface area contributed by atoms with Crippen LogP contribution in [0.25, 0.3) is 6.08 Å². The van der Waals surface area contributed by atoms with Gasteiger partial charge in [0.15, 0.2) is 5.17 Å². The molecule has 3 rings (SSSR count). The second-order valence-corrected chi connectivity index (χ2v) is 9.75. The first-order chi connectivity index (χ1) is 14.8. The van der Waals surface area contributed by atoms with Gasteiger partial charge in [0.05, 0.1) is 24.0 Å². The molecule has 7 nitrogen and oxygen atoms in total. The van der Waals surface area contributed by atoms with Gasteiger partial charge in [0.2, 0.25) is 0 Å². The number of nitrogens with zero attached hydrogens (tertiary/aromatic N) is 2. The van der Waals surface area contributed by atoms with Gasteiger partial charge in [0.25, 0.3) is 15.9 Å². The van der Waals surface area contributed by atoms with Gasteiger partial charge in [-0.3, -0.25) is 9.69 Å². The van der Waals surface area contributed by atoms with Crippen LogP contribution in [0.1, 0.15) is 5.56 Å². The third-order valence-electron chi connectivity index (χ3n) is 4.24. The van der Waals surface area contributed by atoms with E-state index in [9.17, 15) is 13.2 Å². The lowest BCUT2D eigenvalue weighted by atomic mass is 10.1. The maximum Gasteiger partial charge on any atom is 0.284 e. The Hall–Kier alpha value is -2.56. The topological polar surface area (TPSA) is 85.3 Å². The first-order valence-electron chi connectivity index (χ1n) is 8.94. The summed E-state index contributed by atoms with van der Waals surface area (Å²) in [5.41, 5.74) is 0.648. The number of halogens is 1. The van der Waals surface area contributed by atoms with Crippen LogP contribution in [-0.4, -0.2) is 45.2 Å². The van der Waals surface area contributed by atoms with E-state index >= 15 is 0 Å². The molecule has 0 saturated carbocycles. The number of sulfonamides is 1. The van der Waals surface area contributed by atoms with Crippen LogP contribution in [0, 0.1) is 0 Å². The lowest BCUT2D eigenvalue weighted by Crippen LogP contribution is -2.29. The van der Waals surface area contributed by atoms with E-state index in [0.29, 0.717) is 22.0 Å². The summed E-state index contributed by atoms with van der Waals surface area (Å²) in [6.07, 6.45) is 3.15. The van der Waals surface area contributed by atoms with Gasteiger partial charge < -0.3 is 9.47 Å². The van der Waals surface area contributed by atoms with Crippen LogP contribution in [0.5, 0.6) is 11.5 Å². The number of ether oxygens (including phenoxy) is 2. The van der Waals surface area contributed by atoms with Crippen LogP contribution < -0.4 is 9.47 Å². The van der Waals surface area contributed by atoms with Gasteiger partial charge in [-0.25, -0.2) is 0 Å². The smallest absolute Gasteiger partial charge is 0.284 e. The standard InChI is InChI=1S/C21H19BrN2O5S2/c1-4-11-24-20(25)19(12-14-5-8-16(28-2)13-18(14)29-3)30-21(24)23-31(26,27)17-9-6-15(22)7-10-17/h4-10,12-13H,1,11H2,2-3H3/b19-12-,23-21?. The highest BCUT2D eigenvalue weighted by molar-refractivity contribution is 9.10. The monoisotopic (exact) mass is 522 g/mol. The normalized spacial score (nSPS) is 16.7. The molecule has 0 bridgehead atoms. The van der Waals surface area contributed by atoms with Crippen LogP contribution >= 0.6 is 27.7 Å². The molecule has 1 aliphatic heterocycles. The molecule has 1 aliphatic rings. The number of amidine groups is 1. The van der Waals surface area contributed by atoms with E-state index in [-0.39, 0.29) is 22.5 Å². The van der Waals surface area contributed by atoms with Crippen molar-refractivity contribution < 1.29 is 22.7 Å². The number of hydrogen-bond donors (Lipinski definition) is 0. The van der Waals surface area contributed by atoms with Crippen LogP contribution in [-0.2, 0) is 14.8 Å². The van der Waals surface area contributed by atoms with Gasteiger partial charge in [-0.1, -0.05) is 22.0 Å². The first kappa shape index (κ1) is 23.1. The van der Waals surface area contributed by atoms with Crippen molar-refractivity contribution in [1.82, 2.24) is 4.90 Å². The number of methoxy groups -OCH3 is 2. The molecule has 1 amide bonds. The molecule has 0 N–H and O–H groups in total. The first-order valence-corrected chi connectivity index (χ1v) is 12.0. The zero-order chi connectivity index (χ0) is 22.6. The number of amides is 1. The maximum absolute atomic E-state index is 12.9. The number of benzene rings is 2. The van der Waals surface area contributed by atoms with E-state index < -0.39 is 10.0 Å². The van der Waals surface area contributed by atoms with E-state index in [0.717, 1.165) is 16.2 Å². The van der Waals surface area contributed by atoms with E-state index in [4.69, 9.17) is 9.47 Å². The molecule has 0 spiro atoms. The SMILES string of the molecule is C=CCN1C(=O)/C(=C/c2ccc(OC)cc2OC)SC1=NS(=O)(=O)c1ccc(Br)cc1. The van der Waals surface area contributed by atoms with Gasteiger partial charge >= 0.3 is 0 Å². The Morgan fingerprint density at radius 3 is 2.48 bits per heavy atom. The van der Waals surface area contributed by atoms with Crippen LogP contribution in [0.15, 0.2) is 73.8 Å². The second kappa shape index (κ2) is 9.71. The predicted molar refractivity (Wildman–Crippen MR) is 126 cm³/mol. The van der Waals surface area contributed by atoms with Gasteiger partial charge in [0, 0.05) is 22.6 Å². The summed E-state index contributed by atoms with van der Waals surface area (Å²) in [7, 11) is -0.941. The molecule has 0 atom stereocenters. The number of rotatable bonds is 7. The van der Waals surface area contributed by atoms with Gasteiger partial charge in [0.1, 0.15) is 11.5 Å². The summed E-state index contributed by atoms with van der Waals surface area (Å²) in [4.78, 5) is 14.6. The quantitative estimate of drug-likeness (QED) is 0.397. The number of carbonyl (C=O) groups is 1. The van der Waals surface area contributed by atoms with Crippen molar-refractivity contribution in [3.8, 4) is 11.5 Å². The zero-order valence-corrected chi connectivity index (χ0v) is 20.0. The molecule has 0 aromatic heterocycles. The Balaban J connectivity index is 2.01. The Labute approximate surface area is 193 Å². The molecule has 1 saturated heterocycles. The minimum Gasteiger partial charge on any atom is -0.497 e. The highest BCUT2D eigenvalue weighted by Crippen LogP contribution is 2.36. The molecule has 0 aliphatic carbocycles. The van der Waals surface area contributed by atoms with E-state index in [1.54, 1.807) is 43.5 Å². The van der Waals surface area contributed by atoms with Crippen molar-refractivity contribution >= 4 is 54.9 Å². The summed E-state index contributed by atoms with van der Waals surface area (Å²) >= 11 is 4.25. The fourth-order valence-corrected chi connectivity index (χ4v) is 5.15. The van der Waals surface area contributed by atoms with Crippen molar-refractivity contribution in [3.05, 3.63) is 70.1 Å². The number of thioether (sulfide) groups is 1. The molecule has 2 aromatic carbocycles. The molecule has 2 aromatic rings. The zero-order valence-electron chi connectivity index (χ0n) is 16.7.